The van der Waals surface area contributed by atoms with Crippen LogP contribution in [0.2, 0.25) is 0 Å². The maximum Gasteiger partial charge on any atom is 0.321 e. The number of rotatable bonds is 36. The van der Waals surface area contributed by atoms with Crippen LogP contribution in [0.5, 0.6) is 0 Å². The number of amides is 12. The van der Waals surface area contributed by atoms with E-state index in [1.807, 2.05) is 61.5 Å². The average molecular weight is 1260 g/mol. The quantitative estimate of drug-likeness (QED) is 0.0554. The highest BCUT2D eigenvalue weighted by Crippen LogP contribution is 2.25. The van der Waals surface area contributed by atoms with Crippen molar-refractivity contribution in [2.24, 2.45) is 41.4 Å². The molecule has 0 aromatic carbocycles. The Bertz CT molecular complexity index is 2500. The monoisotopic (exact) mass is 1260 g/mol. The van der Waals surface area contributed by atoms with Crippen molar-refractivity contribution in [2.75, 3.05) is 49.3 Å². The third kappa shape index (κ3) is 24.5. The summed E-state index contributed by atoms with van der Waals surface area (Å²) in [5.41, 5.74) is 0.728. The Morgan fingerprint density at radius 2 is 1.04 bits per heavy atom. The molecule has 0 radical (unpaired) electrons. The Labute approximate surface area is 531 Å². The standard InChI is InChI=1S/C64H113N13O12/c1-24-46(60(85)72(18)44(16)59(84)74(20)48(34-38(6)7)57(82)69-51(40(10)11)62(87)75(21)47(33-37(4)5)56(81)67-43(15)55(80)70-64(89)65-17)68-58(83)53(54(79)42(14)27-25-28-45-29-26-32-66-71-45)77(23)63(88)52(41(12)13)76(22)61(86)49(35-39(8)9)73(19)50(78)31-30-36(2)3/h26,29,32,36-44,46-49,51-54,79H,24-25,27-28,30-31,33-35H2,1-23H3,(H,67,81)(H,68,83)(H,69,82)(H2,65,70,80,89)/t42-,43-,44-,46+,47+,48+,49+,51+,52+,53+,54-/m1/s1. The number of hydrogen-bond acceptors (Lipinski definition) is 14. The summed E-state index contributed by atoms with van der Waals surface area (Å²) in [5.74, 6) is -7.87. The second-order valence-corrected chi connectivity index (χ2v) is 26.5. The van der Waals surface area contributed by atoms with Crippen LogP contribution in [0.4, 0.5) is 4.79 Å². The lowest BCUT2D eigenvalue weighted by Gasteiger charge is -2.41. The molecule has 506 valence electrons. The molecule has 6 N–H and O–H groups in total. The van der Waals surface area contributed by atoms with Gasteiger partial charge in [0.25, 0.3) is 0 Å². The van der Waals surface area contributed by atoms with Crippen LogP contribution in [0.3, 0.4) is 0 Å². The van der Waals surface area contributed by atoms with Crippen molar-refractivity contribution in [3.63, 3.8) is 0 Å². The van der Waals surface area contributed by atoms with Crippen molar-refractivity contribution in [1.82, 2.24) is 66.2 Å². The zero-order chi connectivity index (χ0) is 68.6. The molecule has 1 aromatic heterocycles. The summed E-state index contributed by atoms with van der Waals surface area (Å²) in [5, 5.41) is 33.0. The number of aryl methyl sites for hydroxylation is 1. The summed E-state index contributed by atoms with van der Waals surface area (Å²) in [6.45, 7) is 28.6. The van der Waals surface area contributed by atoms with E-state index in [0.29, 0.717) is 32.1 Å². The fourth-order valence-electron chi connectivity index (χ4n) is 10.6. The molecular formula is C64H113N13O12. The van der Waals surface area contributed by atoms with Gasteiger partial charge in [0.05, 0.1) is 11.8 Å². The van der Waals surface area contributed by atoms with Gasteiger partial charge in [0.1, 0.15) is 54.4 Å². The molecule has 0 aliphatic rings. The van der Waals surface area contributed by atoms with Gasteiger partial charge in [-0.05, 0) is 119 Å². The molecule has 25 nitrogen and oxygen atoms in total. The van der Waals surface area contributed by atoms with E-state index < -0.39 is 137 Å². The largest absolute Gasteiger partial charge is 0.390 e. The summed E-state index contributed by atoms with van der Waals surface area (Å²) in [4.78, 5) is 162. The number of aliphatic hydroxyl groups excluding tert-OH is 1. The zero-order valence-corrected chi connectivity index (χ0v) is 57.9. The maximum absolute atomic E-state index is 15.1. The van der Waals surface area contributed by atoms with Crippen molar-refractivity contribution in [1.29, 1.82) is 0 Å². The Balaban J connectivity index is 3.70. The van der Waals surface area contributed by atoms with E-state index in [0.717, 1.165) is 15.5 Å². The van der Waals surface area contributed by atoms with Gasteiger partial charge in [-0.2, -0.15) is 10.2 Å². The van der Waals surface area contributed by atoms with Gasteiger partial charge < -0.3 is 55.8 Å². The molecule has 1 aromatic rings. The van der Waals surface area contributed by atoms with Crippen LogP contribution in [0.15, 0.2) is 18.3 Å². The summed E-state index contributed by atoms with van der Waals surface area (Å²) in [6, 6.07) is -7.94. The van der Waals surface area contributed by atoms with Gasteiger partial charge in [-0.25, -0.2) is 4.79 Å². The second kappa shape index (κ2) is 38.0. The van der Waals surface area contributed by atoms with Gasteiger partial charge in [-0.1, -0.05) is 96.9 Å². The van der Waals surface area contributed by atoms with Gasteiger partial charge in [-0.3, -0.25) is 53.3 Å². The molecule has 0 fully saturated rings. The van der Waals surface area contributed by atoms with Crippen LogP contribution in [0.1, 0.15) is 168 Å². The van der Waals surface area contributed by atoms with Crippen LogP contribution in [-0.2, 0) is 54.4 Å². The Kier molecular flexibility index (Phi) is 34.3. The molecule has 0 aliphatic carbocycles. The molecule has 1 rings (SSSR count). The van der Waals surface area contributed by atoms with Crippen LogP contribution in [0, 0.1) is 41.4 Å². The number of nitrogens with one attached hydrogen (secondary N) is 5. The number of nitrogens with zero attached hydrogens (tertiary/aromatic N) is 8. The van der Waals surface area contributed by atoms with Crippen molar-refractivity contribution < 1.29 is 57.8 Å². The first-order valence-electron chi connectivity index (χ1n) is 31.8. The molecule has 0 aliphatic heterocycles. The van der Waals surface area contributed by atoms with Crippen LogP contribution in [-0.4, -0.2) is 220 Å². The average Bonchev–Trinajstić information content (AvgIpc) is 1.40. The van der Waals surface area contributed by atoms with E-state index in [4.69, 9.17) is 0 Å². The summed E-state index contributed by atoms with van der Waals surface area (Å²) >= 11 is 0. The van der Waals surface area contributed by atoms with Gasteiger partial charge >= 0.3 is 6.03 Å². The number of imide groups is 1. The molecular weight excluding hydrogens is 1140 g/mol. The lowest BCUT2D eigenvalue weighted by molar-refractivity contribution is -0.156. The highest BCUT2D eigenvalue weighted by Gasteiger charge is 2.45. The number of urea groups is 1. The zero-order valence-electron chi connectivity index (χ0n) is 57.9. The maximum atomic E-state index is 15.1. The van der Waals surface area contributed by atoms with E-state index in [2.05, 4.69) is 36.8 Å². The summed E-state index contributed by atoms with van der Waals surface area (Å²) in [7, 11) is 10.0. The first-order valence-corrected chi connectivity index (χ1v) is 31.8. The normalized spacial score (nSPS) is 15.3. The highest BCUT2D eigenvalue weighted by molar-refractivity contribution is 6.00. The molecule has 1 heterocycles. The number of aliphatic hydroxyl groups is 1. The van der Waals surface area contributed by atoms with Gasteiger partial charge in [0.15, 0.2) is 0 Å². The smallest absolute Gasteiger partial charge is 0.321 e. The Hall–Kier alpha value is -6.79. The predicted molar refractivity (Wildman–Crippen MR) is 342 cm³/mol. The molecule has 89 heavy (non-hydrogen) atoms. The topological polar surface area (TPSA) is 313 Å². The number of carbonyl (C=O) groups is 11. The molecule has 11 atom stereocenters. The van der Waals surface area contributed by atoms with E-state index in [9.17, 15) is 53.1 Å². The van der Waals surface area contributed by atoms with E-state index in [1.54, 1.807) is 60.9 Å². The number of likely N-dealkylation sites (N-methyl/N-ethyl adjacent to an activating group) is 6. The van der Waals surface area contributed by atoms with Crippen molar-refractivity contribution in [3.05, 3.63) is 24.0 Å². The molecule has 0 unspecified atom stereocenters. The first kappa shape index (κ1) is 80.2. The molecule has 0 bridgehead atoms. The number of carbonyl (C=O) groups excluding carboxylic acids is 11. The van der Waals surface area contributed by atoms with Gasteiger partial charge in [-0.15, -0.1) is 0 Å². The minimum Gasteiger partial charge on any atom is -0.390 e. The molecule has 0 saturated heterocycles. The molecule has 25 heteroatoms. The fraction of sp³-hybridized carbons (Fsp3) is 0.766. The van der Waals surface area contributed by atoms with Crippen LogP contribution < -0.4 is 26.6 Å². The van der Waals surface area contributed by atoms with E-state index in [1.165, 1.54) is 75.7 Å². The summed E-state index contributed by atoms with van der Waals surface area (Å²) < 4.78 is 0. The lowest BCUT2D eigenvalue weighted by atomic mass is 9.90. The third-order valence-corrected chi connectivity index (χ3v) is 16.5. The number of aromatic nitrogens is 2. The minimum absolute atomic E-state index is 0.00292. The summed E-state index contributed by atoms with van der Waals surface area (Å²) in [6.07, 6.45) is 3.03. The van der Waals surface area contributed by atoms with Gasteiger partial charge in [0.2, 0.25) is 59.1 Å². The Morgan fingerprint density at radius 1 is 0.528 bits per heavy atom. The van der Waals surface area contributed by atoms with Crippen LogP contribution in [0.25, 0.3) is 0 Å². The minimum atomic E-state index is -1.60. The van der Waals surface area contributed by atoms with E-state index >= 15 is 4.79 Å². The van der Waals surface area contributed by atoms with Crippen molar-refractivity contribution in [3.8, 4) is 0 Å². The molecule has 0 spiro atoms. The van der Waals surface area contributed by atoms with Crippen molar-refractivity contribution >= 4 is 65.1 Å². The first-order chi connectivity index (χ1) is 41.3. The van der Waals surface area contributed by atoms with E-state index in [-0.39, 0.29) is 55.3 Å². The SMILES string of the molecule is CC[C@H](NC(=O)[C@H]([C@H](O)[C@H](C)CCCc1cccnn1)N(C)C(=O)[C@H](C(C)C)N(C)C(=O)[C@H](CC(C)C)N(C)C(=O)CCC(C)C)C(=O)N(C)[C@H](C)C(=O)N(C)[C@@H](CC(C)C)C(=O)N[C@H](C(=O)N(C)[C@@H](CC(C)C)C(=O)N[C@H](C)C(=O)NC(=O)NC)C(C)C. The number of hydrogen-bond donors (Lipinski definition) is 6. The highest BCUT2D eigenvalue weighted by atomic mass is 16.3. The Morgan fingerprint density at radius 3 is 1.52 bits per heavy atom. The van der Waals surface area contributed by atoms with Gasteiger partial charge in [0, 0.05) is 62.0 Å². The van der Waals surface area contributed by atoms with Crippen LogP contribution >= 0.6 is 0 Å². The second-order valence-electron chi connectivity index (χ2n) is 26.5. The molecule has 12 amide bonds. The van der Waals surface area contributed by atoms with Crippen molar-refractivity contribution in [2.45, 2.75) is 229 Å². The fourth-order valence-corrected chi connectivity index (χ4v) is 10.6. The predicted octanol–water partition coefficient (Wildman–Crippen LogP) is 4.00. The molecule has 0 saturated carbocycles. The third-order valence-electron chi connectivity index (χ3n) is 16.5. The lowest BCUT2D eigenvalue weighted by Crippen LogP contribution is -2.63.